The number of hydrogen-bond donors (Lipinski definition) is 0. The molecule has 0 spiro atoms. The molecule has 0 atom stereocenters. The van der Waals surface area contributed by atoms with E-state index in [2.05, 4.69) is 53.6 Å². The maximum atomic E-state index is 8.49. The summed E-state index contributed by atoms with van der Waals surface area (Å²) < 4.78 is 36.2. The van der Waals surface area contributed by atoms with E-state index in [0.29, 0.717) is 0 Å². The van der Waals surface area contributed by atoms with Crippen LogP contribution in [0.15, 0.2) is 35.2 Å². The largest absolute Gasteiger partial charge is 0.230 e. The fraction of sp³-hybridized carbons (Fsp3) is 0.182. The van der Waals surface area contributed by atoms with Gasteiger partial charge < -0.3 is 0 Å². The molecule has 0 unspecified atom stereocenters. The second-order valence-corrected chi connectivity index (χ2v) is 5.01. The maximum absolute atomic E-state index is 8.49. The zero-order valence-electron chi connectivity index (χ0n) is 9.83. The Morgan fingerprint density at radius 1 is 1.06 bits per heavy atom. The molecular formula is C11H12ClNO4S. The molecule has 18 heavy (non-hydrogen) atoms. The van der Waals surface area contributed by atoms with Crippen LogP contribution >= 0.6 is 11.3 Å². The van der Waals surface area contributed by atoms with Crippen LogP contribution in [0.3, 0.4) is 0 Å². The lowest BCUT2D eigenvalue weighted by Gasteiger charge is -2.17. The van der Waals surface area contributed by atoms with Gasteiger partial charge in [-0.05, 0) is 6.92 Å². The molecule has 0 aliphatic rings. The molecule has 0 fully saturated rings. The predicted octanol–water partition coefficient (Wildman–Crippen LogP) is -2.11. The Morgan fingerprint density at radius 2 is 1.61 bits per heavy atom. The Labute approximate surface area is 111 Å². The minimum absolute atomic E-state index is 1.28. The van der Waals surface area contributed by atoms with E-state index in [9.17, 15) is 0 Å². The van der Waals surface area contributed by atoms with Gasteiger partial charge >= 0.3 is 0 Å². The number of nitrogens with zero attached hydrogens (tertiary/aromatic N) is 1. The van der Waals surface area contributed by atoms with E-state index < -0.39 is 10.2 Å². The van der Waals surface area contributed by atoms with Gasteiger partial charge in [0, 0.05) is 18.6 Å². The van der Waals surface area contributed by atoms with Gasteiger partial charge in [0.25, 0.3) is 0 Å². The molecule has 0 amide bonds. The fourth-order valence-corrected chi connectivity index (χ4v) is 2.18. The van der Waals surface area contributed by atoms with Crippen molar-refractivity contribution in [3.63, 3.8) is 0 Å². The molecule has 0 saturated heterocycles. The first-order valence-corrected chi connectivity index (χ1v) is 7.09. The zero-order valence-corrected chi connectivity index (χ0v) is 11.4. The van der Waals surface area contributed by atoms with E-state index in [0.717, 1.165) is 0 Å². The number of benzene rings is 1. The second-order valence-electron chi connectivity index (χ2n) is 3.54. The van der Waals surface area contributed by atoms with Crippen molar-refractivity contribution in [2.24, 2.45) is 0 Å². The van der Waals surface area contributed by atoms with Gasteiger partial charge in [0.1, 0.15) is 0 Å². The lowest BCUT2D eigenvalue weighted by Crippen LogP contribution is -2.68. The molecule has 98 valence electrons. The summed E-state index contributed by atoms with van der Waals surface area (Å²) in [5, 5.41) is 2.16. The molecule has 0 saturated carbocycles. The van der Waals surface area contributed by atoms with E-state index in [-0.39, 0.29) is 0 Å². The number of aromatic nitrogens is 1. The minimum Gasteiger partial charge on any atom is -0.222 e. The number of rotatable bonds is 1. The third-order valence-corrected chi connectivity index (χ3v) is 2.97. The summed E-state index contributed by atoms with van der Waals surface area (Å²) in [6, 6.07) is 8.43. The van der Waals surface area contributed by atoms with E-state index >= 15 is 0 Å². The van der Waals surface area contributed by atoms with E-state index in [1.165, 1.54) is 16.9 Å². The monoisotopic (exact) mass is 289 g/mol. The quantitative estimate of drug-likeness (QED) is 0.561. The molecular weight excluding hydrogens is 278 g/mol. The van der Waals surface area contributed by atoms with Gasteiger partial charge in [-0.15, -0.1) is 10.2 Å². The average molecular weight is 290 g/mol. The normalized spacial score (nSPS) is 10.8. The van der Waals surface area contributed by atoms with Gasteiger partial charge in [-0.3, -0.25) is 0 Å². The van der Waals surface area contributed by atoms with Crippen LogP contribution in [0.4, 0.5) is 0 Å². The summed E-state index contributed by atoms with van der Waals surface area (Å²) >= 11 is 1.73. The summed E-state index contributed by atoms with van der Waals surface area (Å²) in [5.41, 5.74) is 6.02. The Kier molecular flexibility index (Phi) is 5.21. The second kappa shape index (κ2) is 6.24. The first-order valence-electron chi connectivity index (χ1n) is 4.91. The SMILES string of the molecule is Cc1ccccc1-[n+]1cscc1C.[O-][Cl+3]([O-])([O-])[O-]. The summed E-state index contributed by atoms with van der Waals surface area (Å²) in [4.78, 5) is 0. The Hall–Kier alpha value is -1.02. The topological polar surface area (TPSA) is 96.1 Å². The molecule has 1 aromatic heterocycles. The molecule has 5 nitrogen and oxygen atoms in total. The standard InChI is InChI=1S/C11H12NS.ClHO4/c1-9-5-3-4-6-11(9)12-8-13-7-10(12)2;2-1(3,4)5/h3-8H,1-2H3;(H,2,3,4,5)/q+1;/p-1. The molecule has 1 aromatic carbocycles. The highest BCUT2D eigenvalue weighted by Gasteiger charge is 2.12. The molecule has 1 heterocycles. The van der Waals surface area contributed by atoms with Crippen molar-refractivity contribution in [3.05, 3.63) is 46.4 Å². The average Bonchev–Trinajstić information content (AvgIpc) is 2.63. The van der Waals surface area contributed by atoms with E-state index in [4.69, 9.17) is 18.6 Å². The molecule has 2 aromatic rings. The number of halogens is 1. The Bertz CT molecular complexity index is 504. The Balaban J connectivity index is 0.000000280. The van der Waals surface area contributed by atoms with E-state index in [1.54, 1.807) is 11.3 Å². The van der Waals surface area contributed by atoms with Crippen molar-refractivity contribution in [2.45, 2.75) is 13.8 Å². The van der Waals surface area contributed by atoms with Gasteiger partial charge in [-0.1, -0.05) is 29.5 Å². The Morgan fingerprint density at radius 3 is 2.06 bits per heavy atom. The van der Waals surface area contributed by atoms with Crippen molar-refractivity contribution < 1.29 is 33.4 Å². The number of para-hydroxylation sites is 1. The van der Waals surface area contributed by atoms with Crippen LogP contribution in [-0.4, -0.2) is 0 Å². The van der Waals surface area contributed by atoms with Gasteiger partial charge in [0.2, 0.25) is 11.2 Å². The predicted molar refractivity (Wildman–Crippen MR) is 55.3 cm³/mol. The van der Waals surface area contributed by atoms with Crippen molar-refractivity contribution in [3.8, 4) is 5.69 Å². The summed E-state index contributed by atoms with van der Waals surface area (Å²) in [6.07, 6.45) is 0. The van der Waals surface area contributed by atoms with Crippen molar-refractivity contribution in [1.82, 2.24) is 0 Å². The first kappa shape index (κ1) is 15.0. The highest BCUT2D eigenvalue weighted by Crippen LogP contribution is 2.09. The van der Waals surface area contributed by atoms with Gasteiger partial charge in [-0.25, -0.2) is 18.6 Å². The molecule has 0 aliphatic carbocycles. The summed E-state index contributed by atoms with van der Waals surface area (Å²) in [6.45, 7) is 4.27. The lowest BCUT2D eigenvalue weighted by molar-refractivity contribution is -2.00. The van der Waals surface area contributed by atoms with Crippen LogP contribution in [0.1, 0.15) is 11.3 Å². The summed E-state index contributed by atoms with van der Waals surface area (Å²) in [5.74, 6) is 0. The zero-order chi connectivity index (χ0) is 13.8. The van der Waals surface area contributed by atoms with Crippen molar-refractivity contribution >= 4 is 11.3 Å². The lowest BCUT2D eigenvalue weighted by atomic mass is 10.2. The summed E-state index contributed by atoms with van der Waals surface area (Å²) in [7, 11) is -4.94. The van der Waals surface area contributed by atoms with Gasteiger partial charge in [0.05, 0.1) is 5.38 Å². The van der Waals surface area contributed by atoms with Crippen LogP contribution in [-0.2, 0) is 0 Å². The van der Waals surface area contributed by atoms with Crippen molar-refractivity contribution in [1.29, 1.82) is 0 Å². The minimum atomic E-state index is -4.94. The first-order chi connectivity index (χ1) is 8.29. The molecule has 7 heteroatoms. The number of hydrogen-bond acceptors (Lipinski definition) is 5. The van der Waals surface area contributed by atoms with Crippen LogP contribution in [0.2, 0.25) is 0 Å². The highest BCUT2D eigenvalue weighted by molar-refractivity contribution is 7.07. The smallest absolute Gasteiger partial charge is 0.222 e. The highest BCUT2D eigenvalue weighted by atomic mass is 35.7. The van der Waals surface area contributed by atoms with Crippen LogP contribution in [0.5, 0.6) is 0 Å². The van der Waals surface area contributed by atoms with Gasteiger partial charge in [0.15, 0.2) is 5.69 Å². The van der Waals surface area contributed by atoms with Crippen LogP contribution in [0, 0.1) is 24.1 Å². The van der Waals surface area contributed by atoms with Crippen LogP contribution < -0.4 is 23.2 Å². The number of thiazole rings is 1. The third-order valence-electron chi connectivity index (χ3n) is 2.16. The van der Waals surface area contributed by atoms with Gasteiger partial charge in [-0.2, -0.15) is 4.57 Å². The third kappa shape index (κ3) is 5.09. The van der Waals surface area contributed by atoms with Crippen molar-refractivity contribution in [2.75, 3.05) is 0 Å². The number of aryl methyl sites for hydroxylation is 2. The molecule has 0 bridgehead atoms. The molecule has 0 aliphatic heterocycles. The van der Waals surface area contributed by atoms with Crippen LogP contribution in [0.25, 0.3) is 5.69 Å². The molecule has 0 radical (unpaired) electrons. The molecule has 2 rings (SSSR count). The fourth-order valence-electron chi connectivity index (χ4n) is 1.41. The maximum Gasteiger partial charge on any atom is 0.230 e. The molecule has 0 N–H and O–H groups in total. The van der Waals surface area contributed by atoms with E-state index in [1.807, 2.05) is 0 Å².